The Balaban J connectivity index is 1.84. The van der Waals surface area contributed by atoms with E-state index in [1.54, 1.807) is 0 Å². The van der Waals surface area contributed by atoms with Crippen molar-refractivity contribution in [3.05, 3.63) is 35.7 Å². The van der Waals surface area contributed by atoms with Gasteiger partial charge in [0.05, 0.1) is 18.6 Å². The van der Waals surface area contributed by atoms with E-state index < -0.39 is 0 Å². The summed E-state index contributed by atoms with van der Waals surface area (Å²) in [5.74, 6) is 0.601. The van der Waals surface area contributed by atoms with E-state index in [0.29, 0.717) is 5.92 Å². The molecule has 1 saturated heterocycles. The second-order valence-electron chi connectivity index (χ2n) is 5.05. The number of nitrogens with zero attached hydrogens (tertiary/aromatic N) is 4. The van der Waals surface area contributed by atoms with E-state index in [1.807, 2.05) is 24.3 Å². The Morgan fingerprint density at radius 1 is 1.50 bits per heavy atom. The molecule has 96 valence electrons. The van der Waals surface area contributed by atoms with E-state index in [1.165, 1.54) is 17.7 Å². The predicted octanol–water partition coefficient (Wildman–Crippen LogP) is 1.05. The first-order valence-electron chi connectivity index (χ1n) is 6.44. The minimum Gasteiger partial charge on any atom is -0.330 e. The van der Waals surface area contributed by atoms with Gasteiger partial charge in [0, 0.05) is 43.2 Å². The maximum Gasteiger partial charge on any atom is 0.0951 e. The zero-order chi connectivity index (χ0) is 12.5. The number of hydrogen-bond acceptors (Lipinski definition) is 3. The smallest absolute Gasteiger partial charge is 0.0951 e. The Bertz CT molecular complexity index is 533. The third-order valence-electron chi connectivity index (χ3n) is 3.68. The first-order chi connectivity index (χ1) is 8.74. The van der Waals surface area contributed by atoms with Crippen LogP contribution < -0.4 is 5.32 Å². The third-order valence-corrected chi connectivity index (χ3v) is 3.68. The van der Waals surface area contributed by atoms with Gasteiger partial charge in [0.15, 0.2) is 0 Å². The van der Waals surface area contributed by atoms with Gasteiger partial charge in [-0.15, -0.1) is 0 Å². The monoisotopic (exact) mass is 245 g/mol. The lowest BCUT2D eigenvalue weighted by molar-refractivity contribution is 0.653. The lowest BCUT2D eigenvalue weighted by atomic mass is 10.1. The minimum absolute atomic E-state index is 0.601. The van der Waals surface area contributed by atoms with Crippen LogP contribution in [0.5, 0.6) is 0 Å². The van der Waals surface area contributed by atoms with E-state index in [0.717, 1.165) is 25.3 Å². The van der Waals surface area contributed by atoms with E-state index in [-0.39, 0.29) is 0 Å². The molecule has 3 heterocycles. The Labute approximate surface area is 107 Å². The van der Waals surface area contributed by atoms with Crippen LogP contribution in [-0.4, -0.2) is 32.4 Å². The molecule has 1 unspecified atom stereocenters. The highest BCUT2D eigenvalue weighted by molar-refractivity contribution is 5.18. The molecule has 0 bridgehead atoms. The highest BCUT2D eigenvalue weighted by Crippen LogP contribution is 2.22. The van der Waals surface area contributed by atoms with Crippen LogP contribution in [0.2, 0.25) is 0 Å². The normalized spacial score (nSPS) is 19.6. The lowest BCUT2D eigenvalue weighted by Crippen LogP contribution is -2.12. The highest BCUT2D eigenvalue weighted by atomic mass is 15.3. The second-order valence-corrected chi connectivity index (χ2v) is 5.05. The fourth-order valence-corrected chi connectivity index (χ4v) is 2.70. The molecule has 5 nitrogen and oxygen atoms in total. The SMILES string of the molecule is Cc1nn(C)cc1Cn1cncc1C1CCNC1. The van der Waals surface area contributed by atoms with E-state index in [9.17, 15) is 0 Å². The van der Waals surface area contributed by atoms with Crippen molar-refractivity contribution < 1.29 is 0 Å². The Kier molecular flexibility index (Phi) is 2.91. The van der Waals surface area contributed by atoms with Crippen LogP contribution in [0, 0.1) is 6.92 Å². The molecule has 2 aromatic rings. The molecular weight excluding hydrogens is 226 g/mol. The van der Waals surface area contributed by atoms with Crippen LogP contribution in [0.25, 0.3) is 0 Å². The van der Waals surface area contributed by atoms with Crippen LogP contribution in [0.3, 0.4) is 0 Å². The minimum atomic E-state index is 0.601. The van der Waals surface area contributed by atoms with Crippen molar-refractivity contribution in [2.45, 2.75) is 25.8 Å². The summed E-state index contributed by atoms with van der Waals surface area (Å²) in [6.45, 7) is 5.11. The van der Waals surface area contributed by atoms with Gasteiger partial charge in [0.2, 0.25) is 0 Å². The van der Waals surface area contributed by atoms with Crippen LogP contribution in [0.15, 0.2) is 18.7 Å². The van der Waals surface area contributed by atoms with Gasteiger partial charge in [-0.3, -0.25) is 4.68 Å². The van der Waals surface area contributed by atoms with E-state index in [4.69, 9.17) is 0 Å². The summed E-state index contributed by atoms with van der Waals surface area (Å²) >= 11 is 0. The van der Waals surface area contributed by atoms with E-state index in [2.05, 4.69) is 33.1 Å². The molecule has 0 aliphatic carbocycles. The van der Waals surface area contributed by atoms with Crippen molar-refractivity contribution in [3.8, 4) is 0 Å². The topological polar surface area (TPSA) is 47.7 Å². The van der Waals surface area contributed by atoms with Crippen molar-refractivity contribution in [2.24, 2.45) is 7.05 Å². The highest BCUT2D eigenvalue weighted by Gasteiger charge is 2.20. The molecule has 0 amide bonds. The number of rotatable bonds is 3. The van der Waals surface area contributed by atoms with Gasteiger partial charge >= 0.3 is 0 Å². The molecule has 3 rings (SSSR count). The second kappa shape index (κ2) is 4.57. The van der Waals surface area contributed by atoms with Crippen LogP contribution in [-0.2, 0) is 13.6 Å². The van der Waals surface area contributed by atoms with Crippen molar-refractivity contribution >= 4 is 0 Å². The van der Waals surface area contributed by atoms with Gasteiger partial charge in [-0.25, -0.2) is 4.98 Å². The lowest BCUT2D eigenvalue weighted by Gasteiger charge is -2.12. The Morgan fingerprint density at radius 2 is 2.39 bits per heavy atom. The van der Waals surface area contributed by atoms with Crippen LogP contribution >= 0.6 is 0 Å². The number of aryl methyl sites for hydroxylation is 2. The third kappa shape index (κ3) is 2.06. The summed E-state index contributed by atoms with van der Waals surface area (Å²) in [6, 6.07) is 0. The summed E-state index contributed by atoms with van der Waals surface area (Å²) in [4.78, 5) is 4.31. The molecule has 18 heavy (non-hydrogen) atoms. The summed E-state index contributed by atoms with van der Waals surface area (Å²) in [5, 5.41) is 7.80. The van der Waals surface area contributed by atoms with Crippen molar-refractivity contribution in [3.63, 3.8) is 0 Å². The van der Waals surface area contributed by atoms with Crippen molar-refractivity contribution in [1.82, 2.24) is 24.6 Å². The standard InChI is InChI=1S/C13H19N5/c1-10-12(7-17(2)16-10)8-18-9-15-6-13(18)11-3-4-14-5-11/h6-7,9,11,14H,3-5,8H2,1-2H3. The summed E-state index contributed by atoms with van der Waals surface area (Å²) in [5.41, 5.74) is 3.70. The van der Waals surface area contributed by atoms with Crippen molar-refractivity contribution in [1.29, 1.82) is 0 Å². The molecule has 0 spiro atoms. The molecule has 1 fully saturated rings. The largest absolute Gasteiger partial charge is 0.330 e. The fraction of sp³-hybridized carbons (Fsp3) is 0.538. The molecule has 2 aromatic heterocycles. The molecular formula is C13H19N5. The van der Waals surface area contributed by atoms with Gasteiger partial charge < -0.3 is 9.88 Å². The van der Waals surface area contributed by atoms with Crippen LogP contribution in [0.4, 0.5) is 0 Å². The summed E-state index contributed by atoms with van der Waals surface area (Å²) in [6.07, 6.45) is 7.23. The van der Waals surface area contributed by atoms with Gasteiger partial charge in [-0.05, 0) is 19.9 Å². The van der Waals surface area contributed by atoms with Gasteiger partial charge in [-0.2, -0.15) is 5.10 Å². The number of imidazole rings is 1. The number of hydrogen-bond donors (Lipinski definition) is 1. The van der Waals surface area contributed by atoms with Crippen molar-refractivity contribution in [2.75, 3.05) is 13.1 Å². The van der Waals surface area contributed by atoms with Gasteiger partial charge in [0.1, 0.15) is 0 Å². The van der Waals surface area contributed by atoms with Crippen LogP contribution in [0.1, 0.15) is 29.3 Å². The van der Waals surface area contributed by atoms with E-state index >= 15 is 0 Å². The first kappa shape index (κ1) is 11.5. The van der Waals surface area contributed by atoms with Gasteiger partial charge in [0.25, 0.3) is 0 Å². The quantitative estimate of drug-likeness (QED) is 0.879. The average Bonchev–Trinajstić information content (AvgIpc) is 3.01. The Hall–Kier alpha value is -1.62. The maximum atomic E-state index is 4.39. The Morgan fingerprint density at radius 3 is 3.06 bits per heavy atom. The molecule has 0 aromatic carbocycles. The van der Waals surface area contributed by atoms with Gasteiger partial charge in [-0.1, -0.05) is 0 Å². The molecule has 1 atom stereocenters. The summed E-state index contributed by atoms with van der Waals surface area (Å²) < 4.78 is 4.13. The zero-order valence-corrected chi connectivity index (χ0v) is 10.9. The first-order valence-corrected chi connectivity index (χ1v) is 6.44. The molecule has 1 aliphatic heterocycles. The molecule has 5 heteroatoms. The molecule has 0 radical (unpaired) electrons. The summed E-state index contributed by atoms with van der Waals surface area (Å²) in [7, 11) is 1.96. The number of nitrogens with one attached hydrogen (secondary N) is 1. The molecule has 1 N–H and O–H groups in total. The number of aromatic nitrogens is 4. The predicted molar refractivity (Wildman–Crippen MR) is 69.5 cm³/mol. The fourth-order valence-electron chi connectivity index (χ4n) is 2.70. The molecule has 0 saturated carbocycles. The average molecular weight is 245 g/mol. The maximum absolute atomic E-state index is 4.39. The molecule has 1 aliphatic rings. The zero-order valence-electron chi connectivity index (χ0n) is 10.9.